The quantitative estimate of drug-likeness (QED) is 0.830. The van der Waals surface area contributed by atoms with Gasteiger partial charge in [-0.3, -0.25) is 4.79 Å². The van der Waals surface area contributed by atoms with Gasteiger partial charge in [-0.2, -0.15) is 0 Å². The fourth-order valence-corrected chi connectivity index (χ4v) is 1.61. The van der Waals surface area contributed by atoms with Crippen LogP contribution in [0.15, 0.2) is 18.2 Å². The van der Waals surface area contributed by atoms with E-state index in [4.69, 9.17) is 9.84 Å². The van der Waals surface area contributed by atoms with Gasteiger partial charge < -0.3 is 15.2 Å². The fraction of sp³-hybridized carbons (Fsp3) is 0.500. The Morgan fingerprint density at radius 3 is 2.74 bits per heavy atom. The minimum Gasteiger partial charge on any atom is -0.494 e. The summed E-state index contributed by atoms with van der Waals surface area (Å²) in [6.45, 7) is 4.42. The molecule has 0 bridgehead atoms. The SMILES string of the molecule is COc1cc(C(=O)NCC(C)(C)CCO)ccc1F. The van der Waals surface area contributed by atoms with Gasteiger partial charge >= 0.3 is 0 Å². The number of carbonyl (C=O) groups excluding carboxylic acids is 1. The highest BCUT2D eigenvalue weighted by Crippen LogP contribution is 2.20. The Bertz CT molecular complexity index is 446. The van der Waals surface area contributed by atoms with Crippen molar-refractivity contribution in [2.24, 2.45) is 5.41 Å². The summed E-state index contributed by atoms with van der Waals surface area (Å²) in [5.74, 6) is -0.744. The first kappa shape index (κ1) is 15.4. The molecule has 0 saturated heterocycles. The largest absolute Gasteiger partial charge is 0.494 e. The molecule has 0 aromatic heterocycles. The van der Waals surface area contributed by atoms with E-state index >= 15 is 0 Å². The molecule has 0 radical (unpaired) electrons. The molecule has 0 atom stereocenters. The molecule has 0 fully saturated rings. The van der Waals surface area contributed by atoms with Gasteiger partial charge in [0, 0.05) is 18.7 Å². The average molecular weight is 269 g/mol. The van der Waals surface area contributed by atoms with Crippen LogP contribution in [0.25, 0.3) is 0 Å². The van der Waals surface area contributed by atoms with Crippen molar-refractivity contribution in [3.8, 4) is 5.75 Å². The minimum atomic E-state index is -0.500. The van der Waals surface area contributed by atoms with E-state index in [9.17, 15) is 9.18 Å². The normalized spacial score (nSPS) is 11.2. The van der Waals surface area contributed by atoms with Crippen molar-refractivity contribution in [2.45, 2.75) is 20.3 Å². The highest BCUT2D eigenvalue weighted by molar-refractivity contribution is 5.94. The maximum Gasteiger partial charge on any atom is 0.251 e. The molecule has 0 spiro atoms. The molecule has 19 heavy (non-hydrogen) atoms. The molecule has 0 heterocycles. The second-order valence-electron chi connectivity index (χ2n) is 5.17. The fourth-order valence-electron chi connectivity index (χ4n) is 1.61. The molecule has 1 aromatic rings. The number of methoxy groups -OCH3 is 1. The van der Waals surface area contributed by atoms with Crippen molar-refractivity contribution in [2.75, 3.05) is 20.3 Å². The molecule has 0 saturated carbocycles. The lowest BCUT2D eigenvalue weighted by Crippen LogP contribution is -2.34. The van der Waals surface area contributed by atoms with Crippen molar-refractivity contribution < 1.29 is 19.0 Å². The van der Waals surface area contributed by atoms with Crippen LogP contribution in [-0.4, -0.2) is 31.3 Å². The summed E-state index contributed by atoms with van der Waals surface area (Å²) in [5, 5.41) is 11.7. The summed E-state index contributed by atoms with van der Waals surface area (Å²) in [6, 6.07) is 3.97. The van der Waals surface area contributed by atoms with Crippen molar-refractivity contribution >= 4 is 5.91 Å². The van der Waals surface area contributed by atoms with Gasteiger partial charge in [-0.05, 0) is 30.0 Å². The predicted octanol–water partition coefficient (Wildman–Crippen LogP) is 1.97. The number of aliphatic hydroxyl groups is 1. The van der Waals surface area contributed by atoms with Gasteiger partial charge in [-0.1, -0.05) is 13.8 Å². The maximum atomic E-state index is 13.2. The predicted molar refractivity (Wildman–Crippen MR) is 70.8 cm³/mol. The number of benzene rings is 1. The number of hydrogen-bond donors (Lipinski definition) is 2. The molecule has 0 aliphatic rings. The van der Waals surface area contributed by atoms with Crippen LogP contribution in [0.2, 0.25) is 0 Å². The number of amides is 1. The summed E-state index contributed by atoms with van der Waals surface area (Å²) >= 11 is 0. The average Bonchev–Trinajstić information content (AvgIpc) is 2.36. The number of ether oxygens (including phenoxy) is 1. The van der Waals surface area contributed by atoms with Crippen LogP contribution in [0.3, 0.4) is 0 Å². The van der Waals surface area contributed by atoms with E-state index in [1.54, 1.807) is 0 Å². The maximum absolute atomic E-state index is 13.2. The van der Waals surface area contributed by atoms with E-state index in [-0.39, 0.29) is 23.7 Å². The molecule has 5 heteroatoms. The summed E-state index contributed by atoms with van der Waals surface area (Å²) in [7, 11) is 1.35. The number of halogens is 1. The lowest BCUT2D eigenvalue weighted by Gasteiger charge is -2.23. The number of aliphatic hydroxyl groups excluding tert-OH is 1. The Hall–Kier alpha value is -1.62. The molecule has 106 valence electrons. The topological polar surface area (TPSA) is 58.6 Å². The highest BCUT2D eigenvalue weighted by atomic mass is 19.1. The van der Waals surface area contributed by atoms with Gasteiger partial charge in [-0.15, -0.1) is 0 Å². The van der Waals surface area contributed by atoms with E-state index < -0.39 is 5.82 Å². The molecule has 4 nitrogen and oxygen atoms in total. The monoisotopic (exact) mass is 269 g/mol. The molecule has 0 unspecified atom stereocenters. The zero-order chi connectivity index (χ0) is 14.5. The van der Waals surface area contributed by atoms with Gasteiger partial charge in [0.2, 0.25) is 0 Å². The molecule has 1 amide bonds. The minimum absolute atomic E-state index is 0.0438. The van der Waals surface area contributed by atoms with Gasteiger partial charge in [-0.25, -0.2) is 4.39 Å². The number of carbonyl (C=O) groups is 1. The zero-order valence-corrected chi connectivity index (χ0v) is 11.5. The third-order valence-corrected chi connectivity index (χ3v) is 2.93. The zero-order valence-electron chi connectivity index (χ0n) is 11.5. The van der Waals surface area contributed by atoms with Crippen LogP contribution in [0.1, 0.15) is 30.6 Å². The summed E-state index contributed by atoms with van der Waals surface area (Å²) < 4.78 is 18.1. The Morgan fingerprint density at radius 2 is 2.16 bits per heavy atom. The Morgan fingerprint density at radius 1 is 1.47 bits per heavy atom. The van der Waals surface area contributed by atoms with Crippen LogP contribution in [0.5, 0.6) is 5.75 Å². The van der Waals surface area contributed by atoms with Crippen molar-refractivity contribution in [3.63, 3.8) is 0 Å². The van der Waals surface area contributed by atoms with E-state index in [0.29, 0.717) is 18.5 Å². The van der Waals surface area contributed by atoms with Crippen molar-refractivity contribution in [1.29, 1.82) is 0 Å². The number of hydrogen-bond acceptors (Lipinski definition) is 3. The Balaban J connectivity index is 2.68. The smallest absolute Gasteiger partial charge is 0.251 e. The van der Waals surface area contributed by atoms with Crippen molar-refractivity contribution in [1.82, 2.24) is 5.32 Å². The van der Waals surface area contributed by atoms with E-state index in [1.165, 1.54) is 25.3 Å². The van der Waals surface area contributed by atoms with Crippen LogP contribution < -0.4 is 10.1 Å². The lowest BCUT2D eigenvalue weighted by molar-refractivity contribution is 0.0928. The molecule has 2 N–H and O–H groups in total. The van der Waals surface area contributed by atoms with E-state index in [2.05, 4.69) is 5.32 Å². The van der Waals surface area contributed by atoms with Gasteiger partial charge in [0.25, 0.3) is 5.91 Å². The molecule has 1 rings (SSSR count). The molecular weight excluding hydrogens is 249 g/mol. The highest BCUT2D eigenvalue weighted by Gasteiger charge is 2.19. The summed E-state index contributed by atoms with van der Waals surface area (Å²) in [5.41, 5.74) is 0.159. The van der Waals surface area contributed by atoms with Gasteiger partial charge in [0.15, 0.2) is 11.6 Å². The first-order chi connectivity index (χ1) is 8.89. The summed E-state index contributed by atoms with van der Waals surface area (Å²) in [4.78, 5) is 11.9. The molecule has 1 aromatic carbocycles. The van der Waals surface area contributed by atoms with E-state index in [1.807, 2.05) is 13.8 Å². The summed E-state index contributed by atoms with van der Waals surface area (Å²) in [6.07, 6.45) is 0.597. The van der Waals surface area contributed by atoms with Gasteiger partial charge in [0.1, 0.15) is 0 Å². The van der Waals surface area contributed by atoms with Crippen LogP contribution in [0.4, 0.5) is 4.39 Å². The third-order valence-electron chi connectivity index (χ3n) is 2.93. The first-order valence-electron chi connectivity index (χ1n) is 6.12. The second-order valence-corrected chi connectivity index (χ2v) is 5.17. The number of rotatable bonds is 6. The molecule has 0 aliphatic heterocycles. The van der Waals surface area contributed by atoms with E-state index in [0.717, 1.165) is 0 Å². The molecular formula is C14H20FNO3. The number of nitrogens with one attached hydrogen (secondary N) is 1. The van der Waals surface area contributed by atoms with Crippen LogP contribution in [-0.2, 0) is 0 Å². The first-order valence-corrected chi connectivity index (χ1v) is 6.12. The molecule has 0 aliphatic carbocycles. The standard InChI is InChI=1S/C14H20FNO3/c1-14(2,6-7-17)9-16-13(18)10-4-5-11(15)12(8-10)19-3/h4-5,8,17H,6-7,9H2,1-3H3,(H,16,18). The van der Waals surface area contributed by atoms with Crippen LogP contribution >= 0.6 is 0 Å². The van der Waals surface area contributed by atoms with Crippen LogP contribution in [0, 0.1) is 11.2 Å². The van der Waals surface area contributed by atoms with Crippen molar-refractivity contribution in [3.05, 3.63) is 29.6 Å². The Labute approximate surface area is 112 Å². The Kier molecular flexibility index (Phi) is 5.30. The third kappa shape index (κ3) is 4.52. The van der Waals surface area contributed by atoms with Gasteiger partial charge in [0.05, 0.1) is 7.11 Å². The second kappa shape index (κ2) is 6.52. The lowest BCUT2D eigenvalue weighted by atomic mass is 9.89.